The van der Waals surface area contributed by atoms with Crippen LogP contribution in [0.1, 0.15) is 5.69 Å². The molecule has 17 heavy (non-hydrogen) atoms. The average Bonchev–Trinajstić information content (AvgIpc) is 2.31. The number of nitriles is 1. The van der Waals surface area contributed by atoms with Crippen LogP contribution in [0.15, 0.2) is 38.3 Å². The van der Waals surface area contributed by atoms with Gasteiger partial charge in [0, 0.05) is 4.47 Å². The number of H-pyrrole nitrogens is 1. The molecule has 1 N–H and O–H groups in total. The van der Waals surface area contributed by atoms with Crippen molar-refractivity contribution in [3.8, 4) is 11.8 Å². The van der Waals surface area contributed by atoms with Gasteiger partial charge in [0.1, 0.15) is 6.07 Å². The summed E-state index contributed by atoms with van der Waals surface area (Å²) in [6, 6.07) is 8.34. The Kier molecular flexibility index (Phi) is 2.89. The molecule has 2 rings (SSSR count). The van der Waals surface area contributed by atoms with Crippen molar-refractivity contribution in [2.75, 3.05) is 0 Å². The molecule has 0 aliphatic rings. The third-order valence-corrected chi connectivity index (χ3v) is 2.53. The van der Waals surface area contributed by atoms with E-state index in [0.717, 1.165) is 9.15 Å². The van der Waals surface area contributed by atoms with Crippen molar-refractivity contribution in [2.45, 2.75) is 0 Å². The molecule has 0 bridgehead atoms. The van der Waals surface area contributed by atoms with Gasteiger partial charge in [0.2, 0.25) is 5.69 Å². The molecule has 0 atom stereocenters. The van der Waals surface area contributed by atoms with Crippen LogP contribution in [0.2, 0.25) is 0 Å². The zero-order valence-corrected chi connectivity index (χ0v) is 9.93. The molecule has 0 spiro atoms. The number of benzene rings is 1. The minimum atomic E-state index is -0.786. The van der Waals surface area contributed by atoms with E-state index in [1.54, 1.807) is 30.3 Å². The van der Waals surface area contributed by atoms with Crippen molar-refractivity contribution in [3.05, 3.63) is 55.3 Å². The molecule has 0 unspecified atom stereocenters. The van der Waals surface area contributed by atoms with Crippen LogP contribution < -0.4 is 11.2 Å². The second-order valence-electron chi connectivity index (χ2n) is 3.11. The first-order valence-corrected chi connectivity index (χ1v) is 5.31. The Morgan fingerprint density at radius 2 is 1.94 bits per heavy atom. The van der Waals surface area contributed by atoms with E-state index in [1.165, 1.54) is 0 Å². The normalized spacial score (nSPS) is 9.88. The van der Waals surface area contributed by atoms with Crippen molar-refractivity contribution in [1.82, 2.24) is 14.8 Å². The Balaban J connectivity index is 2.68. The summed E-state index contributed by atoms with van der Waals surface area (Å²) >= 11 is 3.26. The lowest BCUT2D eigenvalue weighted by Gasteiger charge is -2.03. The number of nitrogens with one attached hydrogen (secondary N) is 1. The zero-order chi connectivity index (χ0) is 12.4. The van der Waals surface area contributed by atoms with Crippen molar-refractivity contribution < 1.29 is 0 Å². The van der Waals surface area contributed by atoms with Crippen LogP contribution in [-0.4, -0.2) is 14.8 Å². The van der Waals surface area contributed by atoms with E-state index in [9.17, 15) is 9.59 Å². The monoisotopic (exact) mass is 292 g/mol. The highest BCUT2D eigenvalue weighted by Gasteiger charge is 2.07. The largest absolute Gasteiger partial charge is 0.349 e. The smallest absolute Gasteiger partial charge is 0.270 e. The summed E-state index contributed by atoms with van der Waals surface area (Å²) in [6.07, 6.45) is 0. The molecule has 0 radical (unpaired) electrons. The number of aromatic nitrogens is 3. The zero-order valence-electron chi connectivity index (χ0n) is 8.35. The number of hydrogen-bond donors (Lipinski definition) is 1. The van der Waals surface area contributed by atoms with Crippen LogP contribution >= 0.6 is 15.9 Å². The predicted octanol–water partition coefficient (Wildman–Crippen LogP) is 0.555. The maximum absolute atomic E-state index is 11.5. The van der Waals surface area contributed by atoms with Gasteiger partial charge in [-0.25, -0.2) is 4.79 Å². The van der Waals surface area contributed by atoms with Crippen molar-refractivity contribution in [2.24, 2.45) is 0 Å². The Labute approximate surface area is 103 Å². The van der Waals surface area contributed by atoms with Gasteiger partial charge in [0.25, 0.3) is 5.56 Å². The first kappa shape index (κ1) is 11.3. The van der Waals surface area contributed by atoms with Gasteiger partial charge in [-0.3, -0.25) is 9.78 Å². The van der Waals surface area contributed by atoms with Crippen LogP contribution in [0.25, 0.3) is 5.69 Å². The Morgan fingerprint density at radius 3 is 2.53 bits per heavy atom. The molecule has 0 fully saturated rings. The molecule has 0 saturated heterocycles. The molecular formula is C10H5BrN4O2. The van der Waals surface area contributed by atoms with Gasteiger partial charge < -0.3 is 0 Å². The molecule has 1 aromatic heterocycles. The number of halogens is 1. The molecule has 0 saturated carbocycles. The van der Waals surface area contributed by atoms with E-state index in [0.29, 0.717) is 5.69 Å². The summed E-state index contributed by atoms with van der Waals surface area (Å²) in [4.78, 5) is 24.7. The number of hydrogen-bond acceptors (Lipinski definition) is 4. The number of aromatic amines is 1. The third kappa shape index (κ3) is 2.16. The Morgan fingerprint density at radius 1 is 1.29 bits per heavy atom. The lowest BCUT2D eigenvalue weighted by atomic mass is 10.3. The molecule has 0 aliphatic heterocycles. The fourth-order valence-corrected chi connectivity index (χ4v) is 1.49. The summed E-state index contributed by atoms with van der Waals surface area (Å²) in [5.41, 5.74) is -1.36. The van der Waals surface area contributed by atoms with Gasteiger partial charge in [-0.15, -0.1) is 5.10 Å². The lowest BCUT2D eigenvalue weighted by Crippen LogP contribution is -2.33. The standard InChI is InChI=1S/C10H5BrN4O2/c11-6-1-3-7(4-2-6)15-10(17)13-9(16)8(5-12)14-15/h1-4H,(H,13,16,17). The fourth-order valence-electron chi connectivity index (χ4n) is 1.23. The molecule has 0 aliphatic carbocycles. The molecule has 0 amide bonds. The minimum Gasteiger partial charge on any atom is -0.270 e. The van der Waals surface area contributed by atoms with Crippen LogP contribution in [-0.2, 0) is 0 Å². The molecule has 84 valence electrons. The molecule has 7 heteroatoms. The third-order valence-electron chi connectivity index (χ3n) is 2.01. The molecule has 1 aromatic carbocycles. The maximum atomic E-state index is 11.5. The summed E-state index contributed by atoms with van der Waals surface area (Å²) in [6.45, 7) is 0. The van der Waals surface area contributed by atoms with E-state index in [4.69, 9.17) is 5.26 Å². The Bertz CT molecular complexity index is 709. The fraction of sp³-hybridized carbons (Fsp3) is 0. The van der Waals surface area contributed by atoms with Crippen molar-refractivity contribution in [1.29, 1.82) is 5.26 Å². The van der Waals surface area contributed by atoms with Gasteiger partial charge in [0.05, 0.1) is 5.69 Å². The van der Waals surface area contributed by atoms with E-state index in [2.05, 4.69) is 21.0 Å². The summed E-state index contributed by atoms with van der Waals surface area (Å²) in [5.74, 6) is 0. The van der Waals surface area contributed by atoms with Gasteiger partial charge in [-0.05, 0) is 24.3 Å². The highest BCUT2D eigenvalue weighted by molar-refractivity contribution is 9.10. The summed E-state index contributed by atoms with van der Waals surface area (Å²) < 4.78 is 1.81. The minimum absolute atomic E-state index is 0.354. The first-order valence-electron chi connectivity index (χ1n) is 4.51. The molecule has 2 aromatic rings. The first-order chi connectivity index (χ1) is 8.11. The van der Waals surface area contributed by atoms with E-state index < -0.39 is 11.2 Å². The van der Waals surface area contributed by atoms with E-state index in [-0.39, 0.29) is 5.69 Å². The molecule has 1 heterocycles. The van der Waals surface area contributed by atoms with E-state index in [1.807, 2.05) is 4.98 Å². The average molecular weight is 293 g/mol. The lowest BCUT2D eigenvalue weighted by molar-refractivity contribution is 0.740. The Hall–Kier alpha value is -2.20. The van der Waals surface area contributed by atoms with Crippen LogP contribution in [0.5, 0.6) is 0 Å². The van der Waals surface area contributed by atoms with E-state index >= 15 is 0 Å². The highest BCUT2D eigenvalue weighted by Crippen LogP contribution is 2.11. The number of nitrogens with zero attached hydrogens (tertiary/aromatic N) is 3. The molecule has 6 nitrogen and oxygen atoms in total. The second-order valence-corrected chi connectivity index (χ2v) is 4.02. The van der Waals surface area contributed by atoms with Gasteiger partial charge >= 0.3 is 5.69 Å². The SMILES string of the molecule is N#Cc1nn(-c2ccc(Br)cc2)c(=O)[nH]c1=O. The van der Waals surface area contributed by atoms with Crippen LogP contribution in [0.3, 0.4) is 0 Å². The van der Waals surface area contributed by atoms with Crippen molar-refractivity contribution in [3.63, 3.8) is 0 Å². The number of rotatable bonds is 1. The van der Waals surface area contributed by atoms with Crippen LogP contribution in [0, 0.1) is 11.3 Å². The topological polar surface area (TPSA) is 91.5 Å². The molecular weight excluding hydrogens is 288 g/mol. The highest BCUT2D eigenvalue weighted by atomic mass is 79.9. The predicted molar refractivity (Wildman–Crippen MR) is 62.9 cm³/mol. The summed E-state index contributed by atoms with van der Waals surface area (Å²) in [5, 5.41) is 12.3. The van der Waals surface area contributed by atoms with Gasteiger partial charge in [0.15, 0.2) is 0 Å². The van der Waals surface area contributed by atoms with Crippen molar-refractivity contribution >= 4 is 15.9 Å². The summed E-state index contributed by atoms with van der Waals surface area (Å²) in [7, 11) is 0. The van der Waals surface area contributed by atoms with Gasteiger partial charge in [-0.1, -0.05) is 15.9 Å². The van der Waals surface area contributed by atoms with Gasteiger partial charge in [-0.2, -0.15) is 9.94 Å². The van der Waals surface area contributed by atoms with Crippen LogP contribution in [0.4, 0.5) is 0 Å². The second kappa shape index (κ2) is 4.35. The maximum Gasteiger partial charge on any atom is 0.349 e. The quantitative estimate of drug-likeness (QED) is 0.831.